The summed E-state index contributed by atoms with van der Waals surface area (Å²) in [6.07, 6.45) is 0.606. The molecule has 0 aliphatic carbocycles. The lowest BCUT2D eigenvalue weighted by molar-refractivity contribution is 0.0284. The fraction of sp³-hybridized carbons (Fsp3) is 0.391. The van der Waals surface area contributed by atoms with Crippen molar-refractivity contribution in [3.63, 3.8) is 0 Å². The summed E-state index contributed by atoms with van der Waals surface area (Å²) in [5, 5.41) is 20.3. The van der Waals surface area contributed by atoms with Gasteiger partial charge in [-0.25, -0.2) is 5.01 Å². The number of rotatable bonds is 6. The van der Waals surface area contributed by atoms with Crippen LogP contribution in [0.2, 0.25) is 0 Å². The van der Waals surface area contributed by atoms with E-state index >= 15 is 0 Å². The van der Waals surface area contributed by atoms with Crippen LogP contribution in [0.25, 0.3) is 0 Å². The van der Waals surface area contributed by atoms with Gasteiger partial charge in [-0.3, -0.25) is 15.0 Å². The average Bonchev–Trinajstić information content (AvgIpc) is 2.72. The molecule has 1 atom stereocenters. The van der Waals surface area contributed by atoms with Gasteiger partial charge in [0, 0.05) is 16.7 Å². The summed E-state index contributed by atoms with van der Waals surface area (Å²) in [5.41, 5.74) is 3.99. The first-order valence-corrected chi connectivity index (χ1v) is 10.3. The summed E-state index contributed by atoms with van der Waals surface area (Å²) >= 11 is 0. The fourth-order valence-electron chi connectivity index (χ4n) is 3.68. The zero-order chi connectivity index (χ0) is 23.3. The van der Waals surface area contributed by atoms with E-state index in [2.05, 4.69) is 5.43 Å². The molecule has 166 valence electrons. The molecule has 0 aliphatic rings. The summed E-state index contributed by atoms with van der Waals surface area (Å²) in [4.78, 5) is 26.6. The largest absolute Gasteiger partial charge is 0.496 e. The second kappa shape index (κ2) is 9.98. The molecule has 0 heterocycles. The molecule has 2 aromatic carbocycles. The maximum Gasteiger partial charge on any atom is 0.488 e. The Kier molecular flexibility index (Phi) is 7.87. The van der Waals surface area contributed by atoms with E-state index in [0.29, 0.717) is 23.3 Å². The molecule has 1 unspecified atom stereocenters. The Morgan fingerprint density at radius 3 is 2.35 bits per heavy atom. The molecule has 7 nitrogen and oxygen atoms in total. The summed E-state index contributed by atoms with van der Waals surface area (Å²) in [7, 11) is -0.158. The summed E-state index contributed by atoms with van der Waals surface area (Å²) < 4.78 is 5.31. The molecule has 0 spiro atoms. The van der Waals surface area contributed by atoms with Crippen LogP contribution in [0.3, 0.4) is 0 Å². The highest BCUT2D eigenvalue weighted by atomic mass is 16.5. The Bertz CT molecular complexity index is 940. The minimum atomic E-state index is -1.69. The topological polar surface area (TPSA) is 99.1 Å². The third-order valence-corrected chi connectivity index (χ3v) is 5.32. The molecule has 2 rings (SSSR count). The van der Waals surface area contributed by atoms with Crippen LogP contribution >= 0.6 is 0 Å². The Labute approximate surface area is 184 Å². The van der Waals surface area contributed by atoms with Crippen molar-refractivity contribution >= 4 is 24.4 Å². The molecule has 3 N–H and O–H groups in total. The SMILES string of the molecule is CCC(N(NC(=O)c1cccc(OC)c1C)C(=O)c1cccc(B(O)O)c1)C(C)(C)C. The van der Waals surface area contributed by atoms with Gasteiger partial charge >= 0.3 is 7.12 Å². The predicted molar refractivity (Wildman–Crippen MR) is 121 cm³/mol. The van der Waals surface area contributed by atoms with E-state index in [9.17, 15) is 19.6 Å². The van der Waals surface area contributed by atoms with E-state index in [1.54, 1.807) is 37.3 Å². The molecular weight excluding hydrogens is 395 g/mol. The highest BCUT2D eigenvalue weighted by Crippen LogP contribution is 2.28. The number of hydrogen-bond donors (Lipinski definition) is 3. The fourth-order valence-corrected chi connectivity index (χ4v) is 3.68. The van der Waals surface area contributed by atoms with Gasteiger partial charge in [-0.2, -0.15) is 0 Å². The van der Waals surface area contributed by atoms with Crippen LogP contribution in [0.4, 0.5) is 0 Å². The quantitative estimate of drug-likeness (QED) is 0.486. The number of hydrogen-bond acceptors (Lipinski definition) is 5. The third-order valence-electron chi connectivity index (χ3n) is 5.32. The molecule has 0 bridgehead atoms. The number of nitrogens with zero attached hydrogens (tertiary/aromatic N) is 1. The van der Waals surface area contributed by atoms with E-state index in [0.717, 1.165) is 0 Å². The average molecular weight is 426 g/mol. The standard InChI is InChI=1S/C23H31BN2O5/c1-7-20(23(3,4)5)26(22(28)16-10-8-11-17(14-16)24(29)30)25-21(27)18-12-9-13-19(31-6)15(18)2/h8-14,20,29-30H,7H2,1-6H3,(H,25,27). The maximum atomic E-state index is 13.5. The number of nitrogens with one attached hydrogen (secondary N) is 1. The van der Waals surface area contributed by atoms with Crippen LogP contribution in [0.5, 0.6) is 5.75 Å². The first-order valence-electron chi connectivity index (χ1n) is 10.3. The zero-order valence-corrected chi connectivity index (χ0v) is 19.0. The van der Waals surface area contributed by atoms with E-state index < -0.39 is 18.9 Å². The van der Waals surface area contributed by atoms with Gasteiger partial charge in [0.25, 0.3) is 11.8 Å². The minimum absolute atomic E-state index is 0.199. The second-order valence-corrected chi connectivity index (χ2v) is 8.54. The van der Waals surface area contributed by atoms with Gasteiger partial charge in [-0.15, -0.1) is 0 Å². The number of benzene rings is 2. The van der Waals surface area contributed by atoms with Crippen molar-refractivity contribution in [2.45, 2.75) is 47.1 Å². The lowest BCUT2D eigenvalue weighted by Gasteiger charge is -2.39. The van der Waals surface area contributed by atoms with Crippen LogP contribution in [-0.4, -0.2) is 47.1 Å². The molecule has 0 saturated carbocycles. The predicted octanol–water partition coefficient (Wildman–Crippen LogP) is 2.30. The van der Waals surface area contributed by atoms with E-state index in [-0.39, 0.29) is 22.5 Å². The molecule has 0 saturated heterocycles. The lowest BCUT2D eigenvalue weighted by Crippen LogP contribution is -2.56. The van der Waals surface area contributed by atoms with Gasteiger partial charge in [-0.05, 0) is 48.5 Å². The molecule has 0 aliphatic heterocycles. The van der Waals surface area contributed by atoms with Crippen LogP contribution < -0.4 is 15.6 Å². The number of carbonyl (C=O) groups is 2. The summed E-state index contributed by atoms with van der Waals surface area (Å²) in [6.45, 7) is 9.73. The van der Waals surface area contributed by atoms with Crippen molar-refractivity contribution in [1.29, 1.82) is 0 Å². The van der Waals surface area contributed by atoms with Gasteiger partial charge in [0.1, 0.15) is 5.75 Å². The lowest BCUT2D eigenvalue weighted by atomic mass is 9.79. The van der Waals surface area contributed by atoms with Gasteiger partial charge in [-0.1, -0.05) is 45.9 Å². The van der Waals surface area contributed by atoms with Crippen LogP contribution in [0.1, 0.15) is 60.4 Å². The van der Waals surface area contributed by atoms with Crippen molar-refractivity contribution in [2.24, 2.45) is 5.41 Å². The van der Waals surface area contributed by atoms with Crippen LogP contribution in [-0.2, 0) is 0 Å². The Morgan fingerprint density at radius 1 is 1.16 bits per heavy atom. The highest BCUT2D eigenvalue weighted by molar-refractivity contribution is 6.58. The van der Waals surface area contributed by atoms with E-state index in [4.69, 9.17) is 4.74 Å². The monoisotopic (exact) mass is 426 g/mol. The smallest absolute Gasteiger partial charge is 0.488 e. The minimum Gasteiger partial charge on any atom is -0.496 e. The van der Waals surface area contributed by atoms with E-state index in [1.807, 2.05) is 27.7 Å². The number of ether oxygens (including phenoxy) is 1. The maximum absolute atomic E-state index is 13.5. The van der Waals surface area contributed by atoms with Gasteiger partial charge < -0.3 is 14.8 Å². The van der Waals surface area contributed by atoms with Crippen LogP contribution in [0, 0.1) is 12.3 Å². The molecule has 0 radical (unpaired) electrons. The normalized spacial score (nSPS) is 12.1. The number of methoxy groups -OCH3 is 1. The van der Waals surface area contributed by atoms with Crippen molar-refractivity contribution in [3.8, 4) is 5.75 Å². The number of hydrazine groups is 1. The molecule has 2 aromatic rings. The Morgan fingerprint density at radius 2 is 1.81 bits per heavy atom. The Hall–Kier alpha value is -2.84. The first-order chi connectivity index (χ1) is 14.5. The zero-order valence-electron chi connectivity index (χ0n) is 19.0. The number of carbonyl (C=O) groups excluding carboxylic acids is 2. The van der Waals surface area contributed by atoms with Crippen molar-refractivity contribution < 1.29 is 24.4 Å². The Balaban J connectivity index is 2.48. The third kappa shape index (κ3) is 5.65. The van der Waals surface area contributed by atoms with Gasteiger partial charge in [0.15, 0.2) is 0 Å². The summed E-state index contributed by atoms with van der Waals surface area (Å²) in [6, 6.07) is 11.0. The van der Waals surface area contributed by atoms with Crippen molar-refractivity contribution in [3.05, 3.63) is 59.2 Å². The van der Waals surface area contributed by atoms with Crippen molar-refractivity contribution in [1.82, 2.24) is 10.4 Å². The highest BCUT2D eigenvalue weighted by Gasteiger charge is 2.34. The molecule has 8 heteroatoms. The summed E-state index contributed by atoms with van der Waals surface area (Å²) in [5.74, 6) is -0.276. The number of amides is 2. The van der Waals surface area contributed by atoms with Crippen molar-refractivity contribution in [2.75, 3.05) is 7.11 Å². The molecular formula is C23H31BN2O5. The van der Waals surface area contributed by atoms with Gasteiger partial charge in [0.2, 0.25) is 0 Å². The van der Waals surface area contributed by atoms with Gasteiger partial charge in [0.05, 0.1) is 13.2 Å². The molecule has 2 amide bonds. The molecule has 0 fully saturated rings. The van der Waals surface area contributed by atoms with Crippen LogP contribution in [0.15, 0.2) is 42.5 Å². The molecule has 0 aromatic heterocycles. The first kappa shape index (κ1) is 24.4. The van der Waals surface area contributed by atoms with E-state index in [1.165, 1.54) is 24.3 Å². The second-order valence-electron chi connectivity index (χ2n) is 8.54. The molecule has 31 heavy (non-hydrogen) atoms.